The number of fused-ring (bicyclic) bond motifs is 1. The highest BCUT2D eigenvalue weighted by Gasteiger charge is 2.25. The molecule has 0 saturated carbocycles. The molecule has 0 amide bonds. The Morgan fingerprint density at radius 1 is 0.878 bits per heavy atom. The minimum Gasteiger partial charge on any atom is -0.469 e. The van der Waals surface area contributed by atoms with Gasteiger partial charge in [0, 0.05) is 18.2 Å². The van der Waals surface area contributed by atoms with Gasteiger partial charge in [-0.05, 0) is 24.1 Å². The van der Waals surface area contributed by atoms with Gasteiger partial charge in [0.15, 0.2) is 12.4 Å². The number of hydrogen-bond donors (Lipinski definition) is 0. The van der Waals surface area contributed by atoms with Crippen molar-refractivity contribution in [3.8, 4) is 17.1 Å². The van der Waals surface area contributed by atoms with Crippen molar-refractivity contribution >= 4 is 13.2 Å². The number of rotatable bonds is 15. The van der Waals surface area contributed by atoms with Crippen molar-refractivity contribution in [1.29, 1.82) is 0 Å². The molecule has 8 nitrogen and oxygen atoms in total. The van der Waals surface area contributed by atoms with Gasteiger partial charge in [-0.25, -0.2) is 9.97 Å². The van der Waals surface area contributed by atoms with E-state index < -0.39 is 7.60 Å². The third-order valence-electron chi connectivity index (χ3n) is 6.35. The summed E-state index contributed by atoms with van der Waals surface area (Å²) in [4.78, 5) is 9.99. The Bertz CT molecular complexity index is 1620. The molecule has 0 bridgehead atoms. The fourth-order valence-corrected chi connectivity index (χ4v) is 5.76. The smallest absolute Gasteiger partial charge is 0.334 e. The van der Waals surface area contributed by atoms with E-state index in [1.807, 2.05) is 71.3 Å². The summed E-state index contributed by atoms with van der Waals surface area (Å²) in [7, 11) is -3.44. The molecule has 0 saturated heterocycles. The number of aromatic nitrogens is 3. The van der Waals surface area contributed by atoms with E-state index in [1.165, 1.54) is 6.08 Å². The van der Waals surface area contributed by atoms with Crippen LogP contribution < -0.4 is 4.74 Å². The maximum absolute atomic E-state index is 13.3. The molecule has 2 aromatic carbocycles. The van der Waals surface area contributed by atoms with E-state index >= 15 is 0 Å². The van der Waals surface area contributed by atoms with Gasteiger partial charge in [-0.2, -0.15) is 0 Å². The summed E-state index contributed by atoms with van der Waals surface area (Å²) in [6.45, 7) is 7.14. The normalized spacial score (nSPS) is 12.7. The lowest BCUT2D eigenvalue weighted by Gasteiger charge is -2.18. The Kier molecular flexibility index (Phi) is 9.26. The number of furan rings is 1. The Balaban J connectivity index is 1.56. The number of allylic oxidation sites excluding steroid dienone is 1. The van der Waals surface area contributed by atoms with Crippen molar-refractivity contribution in [1.82, 2.24) is 14.4 Å². The minimum absolute atomic E-state index is 0.0999. The van der Waals surface area contributed by atoms with Crippen molar-refractivity contribution in [2.75, 3.05) is 19.6 Å². The second kappa shape index (κ2) is 13.4. The molecule has 0 fully saturated rings. The van der Waals surface area contributed by atoms with Crippen molar-refractivity contribution in [2.45, 2.75) is 19.3 Å². The van der Waals surface area contributed by atoms with Crippen LogP contribution in [0, 0.1) is 0 Å². The van der Waals surface area contributed by atoms with Crippen molar-refractivity contribution in [3.05, 3.63) is 133 Å². The molecule has 3 heterocycles. The first-order valence-electron chi connectivity index (χ1n) is 13.3. The average molecular weight is 570 g/mol. The Labute approximate surface area is 239 Å². The van der Waals surface area contributed by atoms with E-state index in [2.05, 4.69) is 25.3 Å². The van der Waals surface area contributed by atoms with E-state index in [0.717, 1.165) is 28.3 Å². The highest BCUT2D eigenvalue weighted by atomic mass is 31.2. The van der Waals surface area contributed by atoms with Crippen LogP contribution in [0.25, 0.3) is 16.9 Å². The molecular weight excluding hydrogens is 537 g/mol. The van der Waals surface area contributed by atoms with Crippen LogP contribution in [0.5, 0.6) is 5.88 Å². The zero-order valence-electron chi connectivity index (χ0n) is 22.7. The monoisotopic (exact) mass is 569 g/mol. The summed E-state index contributed by atoms with van der Waals surface area (Å²) >= 11 is 0. The summed E-state index contributed by atoms with van der Waals surface area (Å²) in [5, 5.41) is 0. The number of hydrogen-bond acceptors (Lipinski definition) is 7. The molecule has 5 aromatic rings. The maximum Gasteiger partial charge on any atom is 0.334 e. The lowest BCUT2D eigenvalue weighted by atomic mass is 10.1. The van der Waals surface area contributed by atoms with Gasteiger partial charge in [0.2, 0.25) is 5.88 Å². The van der Waals surface area contributed by atoms with Crippen LogP contribution in [0.3, 0.4) is 0 Å². The van der Waals surface area contributed by atoms with Gasteiger partial charge < -0.3 is 13.7 Å². The first-order chi connectivity index (χ1) is 20.1. The molecular formula is C32H32N3O5P. The zero-order valence-corrected chi connectivity index (χ0v) is 23.6. The van der Waals surface area contributed by atoms with Crippen LogP contribution in [0.4, 0.5) is 0 Å². The summed E-state index contributed by atoms with van der Waals surface area (Å²) in [6, 6.07) is 23.8. The molecule has 3 aromatic heterocycles. The van der Waals surface area contributed by atoms with E-state index in [-0.39, 0.29) is 19.6 Å². The summed E-state index contributed by atoms with van der Waals surface area (Å²) in [5.74, 6) is 1.18. The van der Waals surface area contributed by atoms with E-state index in [9.17, 15) is 4.57 Å². The molecule has 0 N–H and O–H groups in total. The fourth-order valence-electron chi connectivity index (χ4n) is 4.38. The quantitative estimate of drug-likeness (QED) is 0.0733. The van der Waals surface area contributed by atoms with Gasteiger partial charge in [-0.15, -0.1) is 13.2 Å². The predicted molar refractivity (Wildman–Crippen MR) is 159 cm³/mol. The molecule has 1 atom stereocenters. The number of nitrogens with zero attached hydrogens (tertiary/aromatic N) is 3. The first kappa shape index (κ1) is 28.3. The van der Waals surface area contributed by atoms with Gasteiger partial charge in [-0.3, -0.25) is 13.5 Å². The van der Waals surface area contributed by atoms with Crippen LogP contribution in [-0.2, 0) is 26.5 Å². The van der Waals surface area contributed by atoms with Crippen LogP contribution in [0.15, 0.2) is 115 Å². The predicted octanol–water partition coefficient (Wildman–Crippen LogP) is 7.50. The van der Waals surface area contributed by atoms with E-state index in [4.69, 9.17) is 28.2 Å². The van der Waals surface area contributed by atoms with Gasteiger partial charge in [0.05, 0.1) is 36.8 Å². The number of imidazole rings is 1. The van der Waals surface area contributed by atoms with Gasteiger partial charge >= 0.3 is 7.60 Å². The van der Waals surface area contributed by atoms with Crippen molar-refractivity contribution in [3.63, 3.8) is 0 Å². The SMILES string of the molecule is C=CCCP(=O)(OCC=C)OCOc1c(Cc2ccco2)nc2c(Cc3ccccc3)nc(-c3ccccc3)cn12. The van der Waals surface area contributed by atoms with Crippen LogP contribution >= 0.6 is 7.60 Å². The molecule has 41 heavy (non-hydrogen) atoms. The topological polar surface area (TPSA) is 88.1 Å². The molecule has 9 heteroatoms. The second-order valence-corrected chi connectivity index (χ2v) is 11.5. The van der Waals surface area contributed by atoms with Crippen molar-refractivity contribution in [2.24, 2.45) is 0 Å². The molecule has 1 unspecified atom stereocenters. The van der Waals surface area contributed by atoms with Gasteiger partial charge in [0.25, 0.3) is 0 Å². The summed E-state index contributed by atoms with van der Waals surface area (Å²) < 4.78 is 38.2. The largest absolute Gasteiger partial charge is 0.469 e. The van der Waals surface area contributed by atoms with Crippen LogP contribution in [-0.4, -0.2) is 33.9 Å². The van der Waals surface area contributed by atoms with Crippen LogP contribution in [0.1, 0.15) is 29.1 Å². The second-order valence-electron chi connectivity index (χ2n) is 9.30. The Morgan fingerprint density at radius 2 is 1.66 bits per heavy atom. The molecule has 5 rings (SSSR count). The minimum atomic E-state index is -3.44. The standard InChI is InChI=1S/C32H32N3O5P/c1-3-5-20-41(36,39-18-4-2)40-24-38-32-29(22-27-17-12-19-37-27)34-31-28(21-25-13-8-6-9-14-25)33-30(23-35(31)32)26-15-10-7-11-16-26/h3-4,6-17,19,23H,1-2,5,18,20-22,24H2. The third kappa shape index (κ3) is 7.11. The number of ether oxygens (including phenoxy) is 1. The highest BCUT2D eigenvalue weighted by Crippen LogP contribution is 2.48. The van der Waals surface area contributed by atoms with E-state index in [0.29, 0.717) is 36.5 Å². The lowest BCUT2D eigenvalue weighted by molar-refractivity contribution is 0.0914. The molecule has 0 spiro atoms. The van der Waals surface area contributed by atoms with E-state index in [1.54, 1.807) is 12.3 Å². The Morgan fingerprint density at radius 3 is 2.37 bits per heavy atom. The molecule has 0 radical (unpaired) electrons. The molecule has 0 aliphatic rings. The Hall–Kier alpha value is -4.23. The van der Waals surface area contributed by atoms with Gasteiger partial charge in [-0.1, -0.05) is 72.8 Å². The summed E-state index contributed by atoms with van der Waals surface area (Å²) in [5.41, 5.74) is 4.92. The first-order valence-corrected chi connectivity index (χ1v) is 15.1. The average Bonchev–Trinajstić information content (AvgIpc) is 3.64. The maximum atomic E-state index is 13.3. The zero-order chi connectivity index (χ0) is 28.5. The van der Waals surface area contributed by atoms with Gasteiger partial charge in [0.1, 0.15) is 11.5 Å². The molecule has 210 valence electrons. The fraction of sp³-hybridized carbons (Fsp3) is 0.188. The number of benzene rings is 2. The lowest BCUT2D eigenvalue weighted by Crippen LogP contribution is -2.09. The molecule has 0 aliphatic heterocycles. The molecule has 0 aliphatic carbocycles. The van der Waals surface area contributed by atoms with Crippen LogP contribution in [0.2, 0.25) is 0 Å². The third-order valence-corrected chi connectivity index (χ3v) is 8.19. The summed E-state index contributed by atoms with van der Waals surface area (Å²) in [6.07, 6.45) is 8.35. The van der Waals surface area contributed by atoms with Crippen molar-refractivity contribution < 1.29 is 22.8 Å². The highest BCUT2D eigenvalue weighted by molar-refractivity contribution is 7.53.